The molecule has 0 atom stereocenters. The van der Waals surface area contributed by atoms with Crippen molar-refractivity contribution >= 4 is 11.5 Å². The van der Waals surface area contributed by atoms with Crippen LogP contribution in [0.4, 0.5) is 11.5 Å². The Hall–Kier alpha value is -2.37. The van der Waals surface area contributed by atoms with E-state index in [1.54, 1.807) is 18.3 Å². The Bertz CT molecular complexity index is 590. The zero-order chi connectivity index (χ0) is 13.3. The lowest BCUT2D eigenvalue weighted by Crippen LogP contribution is -2.04. The van der Waals surface area contributed by atoms with Crippen molar-refractivity contribution in [3.05, 3.63) is 46.1 Å². The van der Waals surface area contributed by atoms with Gasteiger partial charge in [-0.3, -0.25) is 10.1 Å². The second-order valence-corrected chi connectivity index (χ2v) is 4.33. The summed E-state index contributed by atoms with van der Waals surface area (Å²) >= 11 is 0. The third-order valence-electron chi connectivity index (χ3n) is 2.74. The first-order valence-electron chi connectivity index (χ1n) is 5.59. The Morgan fingerprint density at radius 1 is 1.44 bits per heavy atom. The van der Waals surface area contributed by atoms with Crippen LogP contribution >= 0.6 is 0 Å². The molecule has 0 fully saturated rings. The number of benzene rings is 1. The molecule has 0 bridgehead atoms. The van der Waals surface area contributed by atoms with Crippen LogP contribution in [-0.4, -0.2) is 14.7 Å². The average molecular weight is 246 g/mol. The van der Waals surface area contributed by atoms with Crippen molar-refractivity contribution in [3.63, 3.8) is 0 Å². The van der Waals surface area contributed by atoms with Crippen LogP contribution in [-0.2, 0) is 0 Å². The quantitative estimate of drug-likeness (QED) is 0.665. The Labute approximate surface area is 104 Å². The number of nitro benzene ring substituents is 1. The summed E-state index contributed by atoms with van der Waals surface area (Å²) in [6.07, 6.45) is 1.69. The molecule has 0 spiro atoms. The predicted octanol–water partition coefficient (Wildman–Crippen LogP) is 2.49. The summed E-state index contributed by atoms with van der Waals surface area (Å²) in [6, 6.07) is 6.24. The minimum absolute atomic E-state index is 0.0218. The largest absolute Gasteiger partial charge is 0.383 e. The SMILES string of the molecule is CC(C)c1cnn(-c2cccc([N+](=O)[O-])c2)c1N. The number of hydrogen-bond acceptors (Lipinski definition) is 4. The van der Waals surface area contributed by atoms with Gasteiger partial charge in [0.2, 0.25) is 0 Å². The second-order valence-electron chi connectivity index (χ2n) is 4.33. The highest BCUT2D eigenvalue weighted by atomic mass is 16.6. The highest BCUT2D eigenvalue weighted by Crippen LogP contribution is 2.25. The normalized spacial score (nSPS) is 10.8. The van der Waals surface area contributed by atoms with Crippen LogP contribution < -0.4 is 5.73 Å². The van der Waals surface area contributed by atoms with Gasteiger partial charge in [-0.15, -0.1) is 0 Å². The van der Waals surface area contributed by atoms with Gasteiger partial charge < -0.3 is 5.73 Å². The predicted molar refractivity (Wildman–Crippen MR) is 68.7 cm³/mol. The zero-order valence-corrected chi connectivity index (χ0v) is 10.2. The first kappa shape index (κ1) is 12.1. The van der Waals surface area contributed by atoms with E-state index >= 15 is 0 Å². The first-order chi connectivity index (χ1) is 8.50. The molecule has 2 N–H and O–H groups in total. The smallest absolute Gasteiger partial charge is 0.271 e. The minimum Gasteiger partial charge on any atom is -0.383 e. The number of nitrogen functional groups attached to an aromatic ring is 1. The number of nitrogens with two attached hydrogens (primary N) is 1. The second kappa shape index (κ2) is 4.48. The molecule has 0 radical (unpaired) electrons. The summed E-state index contributed by atoms with van der Waals surface area (Å²) in [4.78, 5) is 10.3. The molecule has 0 aliphatic rings. The third kappa shape index (κ3) is 2.04. The lowest BCUT2D eigenvalue weighted by atomic mass is 10.1. The molecule has 6 nitrogen and oxygen atoms in total. The number of rotatable bonds is 3. The summed E-state index contributed by atoms with van der Waals surface area (Å²) in [5.41, 5.74) is 7.54. The lowest BCUT2D eigenvalue weighted by molar-refractivity contribution is -0.384. The van der Waals surface area contributed by atoms with Gasteiger partial charge in [0.05, 0.1) is 16.8 Å². The Morgan fingerprint density at radius 3 is 2.72 bits per heavy atom. The van der Waals surface area contributed by atoms with Crippen LogP contribution in [0.5, 0.6) is 0 Å². The fourth-order valence-electron chi connectivity index (χ4n) is 1.76. The molecule has 2 rings (SSSR count). The van der Waals surface area contributed by atoms with Crippen molar-refractivity contribution in [1.82, 2.24) is 9.78 Å². The van der Waals surface area contributed by atoms with E-state index in [9.17, 15) is 10.1 Å². The highest BCUT2D eigenvalue weighted by molar-refractivity contribution is 5.51. The molecule has 1 aromatic heterocycles. The summed E-state index contributed by atoms with van der Waals surface area (Å²) in [5, 5.41) is 14.9. The van der Waals surface area contributed by atoms with Crippen LogP contribution in [0.2, 0.25) is 0 Å². The number of nitro groups is 1. The standard InChI is InChI=1S/C12H14N4O2/c1-8(2)11-7-14-15(12(11)13)9-4-3-5-10(6-9)16(17)18/h3-8H,13H2,1-2H3. The van der Waals surface area contributed by atoms with E-state index in [2.05, 4.69) is 5.10 Å². The fraction of sp³-hybridized carbons (Fsp3) is 0.250. The molecule has 0 unspecified atom stereocenters. The van der Waals surface area contributed by atoms with Crippen molar-refractivity contribution in [1.29, 1.82) is 0 Å². The third-order valence-corrected chi connectivity index (χ3v) is 2.74. The maximum Gasteiger partial charge on any atom is 0.271 e. The Balaban J connectivity index is 2.49. The van der Waals surface area contributed by atoms with Gasteiger partial charge in [0.15, 0.2) is 0 Å². The number of non-ortho nitro benzene ring substituents is 1. The molecule has 2 aromatic rings. The van der Waals surface area contributed by atoms with Gasteiger partial charge in [-0.25, -0.2) is 4.68 Å². The fourth-order valence-corrected chi connectivity index (χ4v) is 1.76. The summed E-state index contributed by atoms with van der Waals surface area (Å²) in [7, 11) is 0. The molecule has 0 aliphatic carbocycles. The van der Waals surface area contributed by atoms with Crippen molar-refractivity contribution < 1.29 is 4.92 Å². The highest BCUT2D eigenvalue weighted by Gasteiger charge is 2.13. The molecule has 0 amide bonds. The average Bonchev–Trinajstić information content (AvgIpc) is 2.71. The Kier molecular flexibility index (Phi) is 3.01. The van der Waals surface area contributed by atoms with E-state index in [0.29, 0.717) is 11.5 Å². The van der Waals surface area contributed by atoms with E-state index in [-0.39, 0.29) is 11.6 Å². The summed E-state index contributed by atoms with van der Waals surface area (Å²) in [5.74, 6) is 0.781. The summed E-state index contributed by atoms with van der Waals surface area (Å²) in [6.45, 7) is 4.04. The molecule has 0 saturated heterocycles. The van der Waals surface area contributed by atoms with Gasteiger partial charge in [-0.2, -0.15) is 5.10 Å². The zero-order valence-electron chi connectivity index (χ0n) is 10.2. The van der Waals surface area contributed by atoms with Gasteiger partial charge in [0.25, 0.3) is 5.69 Å². The molecular formula is C12H14N4O2. The summed E-state index contributed by atoms with van der Waals surface area (Å²) < 4.78 is 1.52. The van der Waals surface area contributed by atoms with E-state index in [0.717, 1.165) is 5.56 Å². The van der Waals surface area contributed by atoms with Gasteiger partial charge in [-0.05, 0) is 12.0 Å². The van der Waals surface area contributed by atoms with Crippen LogP contribution in [0.3, 0.4) is 0 Å². The molecule has 94 valence electrons. The molecule has 18 heavy (non-hydrogen) atoms. The van der Waals surface area contributed by atoms with Crippen molar-refractivity contribution in [2.75, 3.05) is 5.73 Å². The molecule has 0 saturated carbocycles. The Morgan fingerprint density at radius 2 is 2.17 bits per heavy atom. The van der Waals surface area contributed by atoms with Crippen LogP contribution in [0.1, 0.15) is 25.3 Å². The van der Waals surface area contributed by atoms with Crippen molar-refractivity contribution in [2.45, 2.75) is 19.8 Å². The van der Waals surface area contributed by atoms with Crippen LogP contribution in [0.15, 0.2) is 30.5 Å². The van der Waals surface area contributed by atoms with Crippen molar-refractivity contribution in [3.8, 4) is 5.69 Å². The van der Waals surface area contributed by atoms with Crippen LogP contribution in [0.25, 0.3) is 5.69 Å². The van der Waals surface area contributed by atoms with E-state index in [4.69, 9.17) is 5.73 Å². The lowest BCUT2D eigenvalue weighted by Gasteiger charge is -2.06. The number of hydrogen-bond donors (Lipinski definition) is 1. The maximum absolute atomic E-state index is 10.7. The first-order valence-corrected chi connectivity index (χ1v) is 5.59. The number of anilines is 1. The van der Waals surface area contributed by atoms with E-state index in [1.807, 2.05) is 13.8 Å². The van der Waals surface area contributed by atoms with E-state index in [1.165, 1.54) is 16.8 Å². The molecule has 1 aromatic carbocycles. The van der Waals surface area contributed by atoms with Gasteiger partial charge >= 0.3 is 0 Å². The van der Waals surface area contributed by atoms with E-state index < -0.39 is 4.92 Å². The minimum atomic E-state index is -0.438. The molecule has 0 aliphatic heterocycles. The number of aromatic nitrogens is 2. The molecule has 1 heterocycles. The monoisotopic (exact) mass is 246 g/mol. The maximum atomic E-state index is 10.7. The number of nitrogens with zero attached hydrogens (tertiary/aromatic N) is 3. The topological polar surface area (TPSA) is 87.0 Å². The van der Waals surface area contributed by atoms with Gasteiger partial charge in [-0.1, -0.05) is 19.9 Å². The van der Waals surface area contributed by atoms with Gasteiger partial charge in [0, 0.05) is 17.7 Å². The van der Waals surface area contributed by atoms with Crippen LogP contribution in [0, 0.1) is 10.1 Å². The molecular weight excluding hydrogens is 232 g/mol. The molecule has 6 heteroatoms. The van der Waals surface area contributed by atoms with Crippen molar-refractivity contribution in [2.24, 2.45) is 0 Å². The van der Waals surface area contributed by atoms with Gasteiger partial charge in [0.1, 0.15) is 5.82 Å².